The minimum absolute atomic E-state index is 0.0277. The highest BCUT2D eigenvalue weighted by molar-refractivity contribution is 7.99. The number of thioether (sulfide) groups is 1. The Labute approximate surface area is 166 Å². The Morgan fingerprint density at radius 3 is 2.48 bits per heavy atom. The number of piperidine rings is 1. The zero-order valence-corrected chi connectivity index (χ0v) is 17.7. The third-order valence-corrected chi connectivity index (χ3v) is 5.25. The van der Waals surface area contributed by atoms with Crippen LogP contribution in [0.2, 0.25) is 0 Å². The maximum absolute atomic E-state index is 12.8. The molecule has 1 fully saturated rings. The van der Waals surface area contributed by atoms with Gasteiger partial charge in [0.15, 0.2) is 0 Å². The monoisotopic (exact) mass is 396 g/mol. The Bertz CT molecular complexity index is 612. The number of aromatic nitrogens is 2. The molecule has 1 aliphatic rings. The second-order valence-electron chi connectivity index (χ2n) is 7.81. The van der Waals surface area contributed by atoms with E-state index in [9.17, 15) is 9.59 Å². The van der Waals surface area contributed by atoms with Gasteiger partial charge in [-0.25, -0.2) is 0 Å². The number of likely N-dealkylation sites (tertiary alicyclic amines) is 1. The second kappa shape index (κ2) is 10.8. The largest absolute Gasteiger partial charge is 0.408 e. The van der Waals surface area contributed by atoms with Crippen molar-refractivity contribution in [1.82, 2.24) is 20.4 Å². The topological polar surface area (TPSA) is 88.3 Å². The van der Waals surface area contributed by atoms with Gasteiger partial charge in [0.1, 0.15) is 0 Å². The lowest BCUT2D eigenvalue weighted by Gasteiger charge is -2.26. The molecule has 27 heavy (non-hydrogen) atoms. The fraction of sp³-hybridized carbons (Fsp3) is 0.789. The molecular weight excluding hydrogens is 364 g/mol. The van der Waals surface area contributed by atoms with Gasteiger partial charge in [0.05, 0.1) is 6.04 Å². The zero-order chi connectivity index (χ0) is 19.8. The first-order valence-corrected chi connectivity index (χ1v) is 10.8. The maximum Gasteiger partial charge on any atom is 0.286 e. The number of carbonyl (C=O) groups is 2. The van der Waals surface area contributed by atoms with Gasteiger partial charge in [0.2, 0.25) is 11.7 Å². The molecule has 2 heterocycles. The van der Waals surface area contributed by atoms with Crippen LogP contribution in [0.4, 0.5) is 0 Å². The van der Waals surface area contributed by atoms with Gasteiger partial charge in [0.25, 0.3) is 11.1 Å². The Morgan fingerprint density at radius 1 is 1.15 bits per heavy atom. The summed E-state index contributed by atoms with van der Waals surface area (Å²) in [6, 6.07) is -0.629. The first kappa shape index (κ1) is 21.9. The summed E-state index contributed by atoms with van der Waals surface area (Å²) in [5, 5.41) is 11.4. The molecule has 2 rings (SSSR count). The van der Waals surface area contributed by atoms with Gasteiger partial charge in [-0.15, -0.1) is 10.2 Å². The first-order valence-electron chi connectivity index (χ1n) is 9.91. The standard InChI is InChI=1S/C19H32N4O3S/c1-13(2)12-15(17(25)18-21-22-19(26-18)27-14(3)4)20-16(24)8-11-23-9-6-5-7-10-23/h13-15H,5-12H2,1-4H3,(H,20,24). The molecule has 1 saturated heterocycles. The molecule has 0 bridgehead atoms. The highest BCUT2D eigenvalue weighted by atomic mass is 32.2. The van der Waals surface area contributed by atoms with E-state index in [1.807, 2.05) is 27.7 Å². The molecular formula is C19H32N4O3S. The minimum atomic E-state index is -0.629. The van der Waals surface area contributed by atoms with Crippen molar-refractivity contribution in [3.05, 3.63) is 5.89 Å². The number of ketones is 1. The fourth-order valence-corrected chi connectivity index (χ4v) is 3.74. The van der Waals surface area contributed by atoms with E-state index in [4.69, 9.17) is 4.42 Å². The SMILES string of the molecule is CC(C)CC(NC(=O)CCN1CCCCC1)C(=O)c1nnc(SC(C)C)o1. The van der Waals surface area contributed by atoms with Gasteiger partial charge in [-0.05, 0) is 38.3 Å². The lowest BCUT2D eigenvalue weighted by Crippen LogP contribution is -2.43. The summed E-state index contributed by atoms with van der Waals surface area (Å²) in [4.78, 5) is 27.5. The van der Waals surface area contributed by atoms with Gasteiger partial charge in [-0.3, -0.25) is 9.59 Å². The van der Waals surface area contributed by atoms with Crippen molar-refractivity contribution >= 4 is 23.5 Å². The zero-order valence-electron chi connectivity index (χ0n) is 16.9. The quantitative estimate of drug-likeness (QED) is 0.480. The van der Waals surface area contributed by atoms with Crippen molar-refractivity contribution in [2.45, 2.75) is 76.3 Å². The second-order valence-corrected chi connectivity index (χ2v) is 9.33. The lowest BCUT2D eigenvalue weighted by molar-refractivity contribution is -0.122. The number of amides is 1. The van der Waals surface area contributed by atoms with E-state index < -0.39 is 6.04 Å². The molecule has 1 amide bonds. The smallest absolute Gasteiger partial charge is 0.286 e. The minimum Gasteiger partial charge on any atom is -0.408 e. The Balaban J connectivity index is 1.93. The molecule has 0 aromatic carbocycles. The van der Waals surface area contributed by atoms with Crippen molar-refractivity contribution in [2.75, 3.05) is 19.6 Å². The molecule has 0 radical (unpaired) electrons. The Morgan fingerprint density at radius 2 is 1.85 bits per heavy atom. The van der Waals surface area contributed by atoms with Crippen molar-refractivity contribution in [1.29, 1.82) is 0 Å². The van der Waals surface area contributed by atoms with Crippen molar-refractivity contribution in [3.63, 3.8) is 0 Å². The lowest BCUT2D eigenvalue weighted by atomic mass is 10.00. The average Bonchev–Trinajstić information content (AvgIpc) is 3.07. The molecule has 0 aliphatic carbocycles. The normalized spacial score (nSPS) is 16.7. The van der Waals surface area contributed by atoms with E-state index in [1.54, 1.807) is 0 Å². The van der Waals surface area contributed by atoms with Crippen molar-refractivity contribution in [2.24, 2.45) is 5.92 Å². The Kier molecular flexibility index (Phi) is 8.76. The van der Waals surface area contributed by atoms with Crippen LogP contribution in [0.5, 0.6) is 0 Å². The summed E-state index contributed by atoms with van der Waals surface area (Å²) in [7, 11) is 0. The van der Waals surface area contributed by atoms with E-state index in [2.05, 4.69) is 20.4 Å². The van der Waals surface area contributed by atoms with Crippen LogP contribution >= 0.6 is 11.8 Å². The highest BCUT2D eigenvalue weighted by Crippen LogP contribution is 2.22. The number of nitrogens with zero attached hydrogens (tertiary/aromatic N) is 3. The number of carbonyl (C=O) groups excluding carboxylic acids is 2. The highest BCUT2D eigenvalue weighted by Gasteiger charge is 2.28. The van der Waals surface area contributed by atoms with Crippen LogP contribution in [0, 0.1) is 5.92 Å². The molecule has 0 saturated carbocycles. The van der Waals surface area contributed by atoms with Gasteiger partial charge < -0.3 is 14.6 Å². The molecule has 1 atom stereocenters. The number of rotatable bonds is 10. The summed E-state index contributed by atoms with van der Waals surface area (Å²) in [6.45, 7) is 10.9. The predicted octanol–water partition coefficient (Wildman–Crippen LogP) is 3.16. The molecule has 0 spiro atoms. The average molecular weight is 397 g/mol. The number of hydrogen-bond acceptors (Lipinski definition) is 7. The molecule has 1 aliphatic heterocycles. The number of Topliss-reactive ketones (excluding diaryl/α,β-unsaturated/α-hetero) is 1. The first-order chi connectivity index (χ1) is 12.8. The van der Waals surface area contributed by atoms with Crippen LogP contribution in [0.3, 0.4) is 0 Å². The van der Waals surface area contributed by atoms with Crippen LogP contribution < -0.4 is 5.32 Å². The van der Waals surface area contributed by atoms with Crippen LogP contribution in [-0.4, -0.2) is 57.7 Å². The summed E-state index contributed by atoms with van der Waals surface area (Å²) in [5.41, 5.74) is 0. The van der Waals surface area contributed by atoms with E-state index in [0.29, 0.717) is 18.1 Å². The third kappa shape index (κ3) is 7.62. The summed E-state index contributed by atoms with van der Waals surface area (Å²) in [6.07, 6.45) is 4.62. The van der Waals surface area contributed by atoms with Crippen molar-refractivity contribution < 1.29 is 14.0 Å². The number of hydrogen-bond donors (Lipinski definition) is 1. The van der Waals surface area contributed by atoms with Crippen LogP contribution in [0.15, 0.2) is 9.64 Å². The third-order valence-electron chi connectivity index (χ3n) is 4.42. The van der Waals surface area contributed by atoms with Crippen LogP contribution in [0.1, 0.15) is 70.5 Å². The van der Waals surface area contributed by atoms with Crippen LogP contribution in [0.25, 0.3) is 0 Å². The fourth-order valence-electron chi connectivity index (χ4n) is 3.12. The summed E-state index contributed by atoms with van der Waals surface area (Å²) < 4.78 is 5.49. The molecule has 1 unspecified atom stereocenters. The van der Waals surface area contributed by atoms with Gasteiger partial charge >= 0.3 is 0 Å². The molecule has 1 N–H and O–H groups in total. The Hall–Kier alpha value is -1.41. The van der Waals surface area contributed by atoms with Gasteiger partial charge in [-0.2, -0.15) is 0 Å². The number of nitrogens with one attached hydrogen (secondary N) is 1. The molecule has 8 heteroatoms. The van der Waals surface area contributed by atoms with Gasteiger partial charge in [0, 0.05) is 18.2 Å². The van der Waals surface area contributed by atoms with Crippen molar-refractivity contribution in [3.8, 4) is 0 Å². The molecule has 1 aromatic heterocycles. The maximum atomic E-state index is 12.8. The summed E-state index contributed by atoms with van der Waals surface area (Å²) in [5.74, 6) is -0.178. The molecule has 1 aromatic rings. The molecule has 7 nitrogen and oxygen atoms in total. The molecule has 152 valence electrons. The van der Waals surface area contributed by atoms with Gasteiger partial charge in [-0.1, -0.05) is 45.9 Å². The van der Waals surface area contributed by atoms with E-state index in [1.165, 1.54) is 31.0 Å². The van der Waals surface area contributed by atoms with E-state index in [0.717, 1.165) is 19.6 Å². The van der Waals surface area contributed by atoms with Crippen LogP contribution in [-0.2, 0) is 4.79 Å². The van der Waals surface area contributed by atoms with E-state index in [-0.39, 0.29) is 28.7 Å². The summed E-state index contributed by atoms with van der Waals surface area (Å²) >= 11 is 1.41. The predicted molar refractivity (Wildman–Crippen MR) is 106 cm³/mol. The van der Waals surface area contributed by atoms with E-state index >= 15 is 0 Å².